The summed E-state index contributed by atoms with van der Waals surface area (Å²) in [5.41, 5.74) is 2.29. The summed E-state index contributed by atoms with van der Waals surface area (Å²) in [6.45, 7) is 0. The van der Waals surface area contributed by atoms with Gasteiger partial charge in [0.25, 0.3) is 0 Å². The van der Waals surface area contributed by atoms with Gasteiger partial charge in [-0.3, -0.25) is 9.78 Å². The second-order valence-corrected chi connectivity index (χ2v) is 6.15. The minimum absolute atomic E-state index is 0.407. The maximum Gasteiger partial charge on any atom is 0.245 e. The van der Waals surface area contributed by atoms with Crippen LogP contribution < -0.4 is 5.73 Å². The Morgan fingerprint density at radius 2 is 1.96 bits per heavy atom. The molecule has 1 amide bonds. The van der Waals surface area contributed by atoms with Crippen LogP contribution in [0.15, 0.2) is 35.9 Å². The summed E-state index contributed by atoms with van der Waals surface area (Å²) in [6.07, 6.45) is 4.41. The number of hydrogen-bond acceptors (Lipinski definition) is 6. The summed E-state index contributed by atoms with van der Waals surface area (Å²) in [5.74, 6) is -0.542. The summed E-state index contributed by atoms with van der Waals surface area (Å²) >= 11 is 0. The fourth-order valence-corrected chi connectivity index (χ4v) is 3.77. The zero-order valence-electron chi connectivity index (χ0n) is 13.4. The predicted molar refractivity (Wildman–Crippen MR) is 84.5 cm³/mol. The number of amides is 1. The molecule has 124 valence electrons. The number of nitriles is 3. The molecule has 0 bridgehead atoms. The summed E-state index contributed by atoms with van der Waals surface area (Å²) in [5, 5.41) is 29.8. The Bertz CT molecular complexity index is 857. The first-order valence-electron chi connectivity index (χ1n) is 7.90. The zero-order chi connectivity index (χ0) is 18.1. The van der Waals surface area contributed by atoms with Crippen molar-refractivity contribution in [3.05, 3.63) is 41.4 Å². The Hall–Kier alpha value is -3.37. The highest BCUT2D eigenvalue weighted by atomic mass is 16.5. The molecule has 1 aromatic heterocycles. The molecule has 0 aromatic carbocycles. The van der Waals surface area contributed by atoms with Gasteiger partial charge in [-0.05, 0) is 25.3 Å². The molecule has 2 N–H and O–H groups in total. The maximum atomic E-state index is 12.5. The third kappa shape index (κ3) is 2.01. The number of aromatic nitrogens is 1. The summed E-state index contributed by atoms with van der Waals surface area (Å²) < 4.78 is 6.02. The predicted octanol–water partition coefficient (Wildman–Crippen LogP) is 2.01. The molecule has 2 atom stereocenters. The van der Waals surface area contributed by atoms with Crippen LogP contribution in [0.5, 0.6) is 0 Å². The van der Waals surface area contributed by atoms with Crippen LogP contribution in [0.1, 0.15) is 37.4 Å². The first kappa shape index (κ1) is 16.5. The molecule has 7 heteroatoms. The molecule has 2 unspecified atom stereocenters. The van der Waals surface area contributed by atoms with E-state index in [0.29, 0.717) is 29.7 Å². The van der Waals surface area contributed by atoms with Gasteiger partial charge in [-0.1, -0.05) is 6.07 Å². The first-order chi connectivity index (χ1) is 12.1. The average Bonchev–Trinajstić information content (AvgIpc) is 2.66. The number of carbonyl (C=O) groups excluding carboxylic acids is 1. The normalized spacial score (nSPS) is 27.0. The fourth-order valence-electron chi connectivity index (χ4n) is 3.77. The lowest BCUT2D eigenvalue weighted by atomic mass is 9.54. The molecule has 7 nitrogen and oxygen atoms in total. The van der Waals surface area contributed by atoms with E-state index in [1.807, 2.05) is 18.2 Å². The molecule has 0 radical (unpaired) electrons. The van der Waals surface area contributed by atoms with E-state index in [2.05, 4.69) is 4.98 Å². The van der Waals surface area contributed by atoms with Crippen molar-refractivity contribution < 1.29 is 9.53 Å². The van der Waals surface area contributed by atoms with Gasteiger partial charge < -0.3 is 10.5 Å². The van der Waals surface area contributed by atoms with E-state index < -0.39 is 22.8 Å². The number of carbonyl (C=O) groups is 1. The van der Waals surface area contributed by atoms with Crippen LogP contribution in [0.4, 0.5) is 0 Å². The van der Waals surface area contributed by atoms with Gasteiger partial charge in [-0.25, -0.2) is 0 Å². The highest BCUT2D eigenvalue weighted by molar-refractivity contribution is 5.89. The number of ether oxygens (including phenoxy) is 1. The Kier molecular flexibility index (Phi) is 3.91. The summed E-state index contributed by atoms with van der Waals surface area (Å²) in [6, 6.07) is 9.05. The van der Waals surface area contributed by atoms with Crippen LogP contribution in [0.25, 0.3) is 0 Å². The van der Waals surface area contributed by atoms with Gasteiger partial charge in [0.2, 0.25) is 11.3 Å². The Morgan fingerprint density at radius 1 is 1.24 bits per heavy atom. The number of primary amides is 1. The van der Waals surface area contributed by atoms with Gasteiger partial charge in [0.15, 0.2) is 11.5 Å². The molecule has 1 aliphatic carbocycles. The average molecular weight is 333 g/mol. The second-order valence-electron chi connectivity index (χ2n) is 6.15. The number of rotatable bonds is 2. The van der Waals surface area contributed by atoms with E-state index in [-0.39, 0.29) is 0 Å². The summed E-state index contributed by atoms with van der Waals surface area (Å²) in [7, 11) is 0. The smallest absolute Gasteiger partial charge is 0.245 e. The van der Waals surface area contributed by atoms with Crippen LogP contribution in [0.3, 0.4) is 0 Å². The number of allylic oxidation sites excluding steroid dienone is 2. The van der Waals surface area contributed by atoms with Crippen molar-refractivity contribution in [3.8, 4) is 18.2 Å². The Morgan fingerprint density at radius 3 is 2.52 bits per heavy atom. The number of nitrogens with zero attached hydrogens (tertiary/aromatic N) is 4. The minimum Gasteiger partial charge on any atom is -0.488 e. The van der Waals surface area contributed by atoms with E-state index in [1.54, 1.807) is 12.1 Å². The van der Waals surface area contributed by atoms with Crippen LogP contribution in [-0.4, -0.2) is 10.9 Å². The first-order valence-corrected chi connectivity index (χ1v) is 7.90. The van der Waals surface area contributed by atoms with Gasteiger partial charge in [0.05, 0.1) is 24.0 Å². The van der Waals surface area contributed by atoms with Crippen molar-refractivity contribution >= 4 is 5.91 Å². The van der Waals surface area contributed by atoms with Crippen LogP contribution in [0, 0.1) is 44.8 Å². The highest BCUT2D eigenvalue weighted by Gasteiger charge is 2.69. The lowest BCUT2D eigenvalue weighted by Gasteiger charge is -2.47. The van der Waals surface area contributed by atoms with E-state index in [9.17, 15) is 20.6 Å². The molecule has 1 aromatic rings. The van der Waals surface area contributed by atoms with Crippen molar-refractivity contribution in [1.82, 2.24) is 4.98 Å². The molecular formula is C18H15N5O2. The van der Waals surface area contributed by atoms with E-state index >= 15 is 0 Å². The Labute approximate surface area is 144 Å². The number of nitrogens with two attached hydrogens (primary N) is 1. The van der Waals surface area contributed by atoms with Gasteiger partial charge in [-0.15, -0.1) is 0 Å². The number of hydrogen-bond donors (Lipinski definition) is 1. The largest absolute Gasteiger partial charge is 0.488 e. The topological polar surface area (TPSA) is 137 Å². The molecule has 0 spiro atoms. The van der Waals surface area contributed by atoms with Gasteiger partial charge in [0, 0.05) is 30.0 Å². The lowest BCUT2D eigenvalue weighted by Crippen LogP contribution is -2.57. The molecular weight excluding hydrogens is 318 g/mol. The van der Waals surface area contributed by atoms with Crippen molar-refractivity contribution in [1.29, 1.82) is 15.8 Å². The quantitative estimate of drug-likeness (QED) is 0.878. The van der Waals surface area contributed by atoms with Crippen LogP contribution in [-0.2, 0) is 9.53 Å². The maximum absolute atomic E-state index is 12.5. The standard InChI is InChI=1S/C18H15N5O2/c19-9-17(10-20)13-5-1-2-6-14(13)25-15(12-4-3-7-23-8-12)18(17,11-21)16(22)24/h3-4,7-8,15H,1-2,5-6H2,(H2,22,24). The van der Waals surface area contributed by atoms with Crippen molar-refractivity contribution in [3.63, 3.8) is 0 Å². The molecule has 1 aliphatic heterocycles. The third-order valence-electron chi connectivity index (χ3n) is 5.00. The molecule has 0 saturated heterocycles. The second kappa shape index (κ2) is 5.92. The van der Waals surface area contributed by atoms with Crippen molar-refractivity contribution in [2.24, 2.45) is 16.6 Å². The van der Waals surface area contributed by atoms with E-state index in [4.69, 9.17) is 10.5 Å². The third-order valence-corrected chi connectivity index (χ3v) is 5.00. The monoisotopic (exact) mass is 333 g/mol. The molecule has 25 heavy (non-hydrogen) atoms. The fraction of sp³-hybridized carbons (Fsp3) is 0.389. The minimum atomic E-state index is -2.16. The van der Waals surface area contributed by atoms with Gasteiger partial charge >= 0.3 is 0 Å². The van der Waals surface area contributed by atoms with Crippen LogP contribution >= 0.6 is 0 Å². The lowest BCUT2D eigenvalue weighted by molar-refractivity contribution is -0.139. The van der Waals surface area contributed by atoms with E-state index in [1.165, 1.54) is 12.4 Å². The van der Waals surface area contributed by atoms with Gasteiger partial charge in [0.1, 0.15) is 0 Å². The molecule has 0 fully saturated rings. The molecule has 2 aliphatic rings. The zero-order valence-corrected chi connectivity index (χ0v) is 13.4. The van der Waals surface area contributed by atoms with Gasteiger partial charge in [-0.2, -0.15) is 15.8 Å². The SMILES string of the molecule is N#CC1(C#N)C2=C(CCCC2)OC(c2cccnc2)C1(C#N)C(N)=O. The van der Waals surface area contributed by atoms with Crippen LogP contribution in [0.2, 0.25) is 0 Å². The molecule has 3 rings (SSSR count). The van der Waals surface area contributed by atoms with Crippen molar-refractivity contribution in [2.75, 3.05) is 0 Å². The Balaban J connectivity index is 2.37. The summed E-state index contributed by atoms with van der Waals surface area (Å²) in [4.78, 5) is 16.5. The molecule has 2 heterocycles. The highest BCUT2D eigenvalue weighted by Crippen LogP contribution is 2.60. The van der Waals surface area contributed by atoms with E-state index in [0.717, 1.165) is 12.8 Å². The van der Waals surface area contributed by atoms with Crippen molar-refractivity contribution in [2.45, 2.75) is 31.8 Å². The molecule has 0 saturated carbocycles. The number of pyridine rings is 1.